The van der Waals surface area contributed by atoms with Gasteiger partial charge in [-0.15, -0.1) is 0 Å². The fraction of sp³-hybridized carbons (Fsp3) is 0. The summed E-state index contributed by atoms with van der Waals surface area (Å²) in [6.07, 6.45) is 0. The molecule has 6 N–H and O–H groups in total. The first-order valence-corrected chi connectivity index (χ1v) is 18.4. The highest BCUT2D eigenvalue weighted by atomic mass is 35.5. The number of rotatable bonds is 2. The Morgan fingerprint density at radius 2 is 1.00 bits per heavy atom. The van der Waals surface area contributed by atoms with Crippen molar-refractivity contribution < 1.29 is 36.2 Å². The maximum absolute atomic E-state index is 12.9. The molecule has 5 heterocycles. The van der Waals surface area contributed by atoms with Gasteiger partial charge in [-0.2, -0.15) is 16.8 Å². The summed E-state index contributed by atoms with van der Waals surface area (Å²) >= 11 is 13.1. The van der Waals surface area contributed by atoms with Gasteiger partial charge in [0.2, 0.25) is 0 Å². The SMILES string of the molecule is O=S(=O)(O)c1c(O)c(O)c2c3nc4nc(nc5[nH]c(nc6nc(nc([nH]3)c2c1S(=O)(=O)O)-c1ccccc1-6)c1ccccc51)-c1ccc(Cl)c(Cl)c1-4. The molecule has 2 aliphatic heterocycles. The van der Waals surface area contributed by atoms with Crippen LogP contribution in [-0.4, -0.2) is 76.0 Å². The van der Waals surface area contributed by atoms with E-state index in [1.165, 1.54) is 6.07 Å². The molecule has 0 radical (unpaired) electrons. The normalized spacial score (nSPS) is 12.7. The van der Waals surface area contributed by atoms with Crippen LogP contribution in [0.4, 0.5) is 0 Å². The van der Waals surface area contributed by atoms with Crippen LogP contribution in [-0.2, 0) is 20.2 Å². The number of phenolic OH excluding ortho intramolecular Hbond substituents is 2. The van der Waals surface area contributed by atoms with Crippen LogP contribution in [0.5, 0.6) is 11.5 Å². The summed E-state index contributed by atoms with van der Waals surface area (Å²) in [5.41, 5.74) is 1.27. The molecule has 0 amide bonds. The zero-order chi connectivity index (χ0) is 36.4. The molecule has 16 nitrogen and oxygen atoms in total. The highest BCUT2D eigenvalue weighted by Crippen LogP contribution is 2.48. The van der Waals surface area contributed by atoms with Crippen molar-refractivity contribution in [1.82, 2.24) is 39.9 Å². The second-order valence-corrected chi connectivity index (χ2v) is 15.0. The average molecular weight is 776 g/mol. The first-order valence-electron chi connectivity index (χ1n) is 14.8. The molecule has 20 heteroatoms. The first-order chi connectivity index (χ1) is 24.7. The van der Waals surface area contributed by atoms with E-state index >= 15 is 0 Å². The van der Waals surface area contributed by atoms with Crippen molar-refractivity contribution in [3.8, 4) is 57.1 Å². The average Bonchev–Trinajstić information content (AvgIpc) is 3.82. The van der Waals surface area contributed by atoms with Crippen molar-refractivity contribution in [2.24, 2.45) is 0 Å². The molecular weight excluding hydrogens is 759 g/mol. The molecule has 258 valence electrons. The second kappa shape index (κ2) is 10.9. The minimum atomic E-state index is -5.63. The molecule has 8 bridgehead atoms. The van der Waals surface area contributed by atoms with Gasteiger partial charge in [0, 0.05) is 27.5 Å². The lowest BCUT2D eigenvalue weighted by atomic mass is 10.1. The lowest BCUT2D eigenvalue weighted by molar-refractivity contribution is 0.388. The van der Waals surface area contributed by atoms with Gasteiger partial charge in [0.15, 0.2) is 39.7 Å². The molecule has 9 rings (SSSR count). The number of nitrogens with one attached hydrogen (secondary N) is 2. The molecular formula is C32H16Cl2N8O8S2. The fourth-order valence-corrected chi connectivity index (χ4v) is 8.87. The molecule has 52 heavy (non-hydrogen) atoms. The highest BCUT2D eigenvalue weighted by Gasteiger charge is 2.36. The van der Waals surface area contributed by atoms with Gasteiger partial charge >= 0.3 is 0 Å². The second-order valence-electron chi connectivity index (χ2n) is 11.5. The van der Waals surface area contributed by atoms with Crippen LogP contribution in [0.25, 0.3) is 89.7 Å². The number of aromatic hydroxyl groups is 2. The fourth-order valence-electron chi connectivity index (χ4n) is 6.37. The molecule has 0 fully saturated rings. The monoisotopic (exact) mass is 774 g/mol. The van der Waals surface area contributed by atoms with Gasteiger partial charge in [0.05, 0.1) is 26.4 Å². The Labute approximate surface area is 300 Å². The Bertz CT molecular complexity index is 3210. The number of hydrogen-bond donors (Lipinski definition) is 6. The molecule has 0 atom stereocenters. The minimum Gasteiger partial charge on any atom is -0.504 e. The van der Waals surface area contributed by atoms with Crippen LogP contribution in [0.3, 0.4) is 0 Å². The standard InChI is InChI=1S/C32H16Cl2N8O8S2/c33-16-10-9-15-17(20(16)34)30-40-29(15)38-27-12-6-2-1-5-11(12)25(36-27)35-26-13-7-3-4-8-14(13)28(37-26)39-32-19-18(31(41-30)42-32)21(43)22(44)24(52(48,49)50)23(19)51(45,46)47/h1-10,43-44H,(H,45,46,47)(H,48,49,50)(H2,35,36,37,38,39,40,41,42). The number of halogens is 2. The third kappa shape index (κ3) is 4.66. The smallest absolute Gasteiger partial charge is 0.299 e. The maximum atomic E-state index is 12.9. The molecule has 0 spiro atoms. The molecule has 7 aromatic rings. The Morgan fingerprint density at radius 3 is 1.60 bits per heavy atom. The summed E-state index contributed by atoms with van der Waals surface area (Å²) < 4.78 is 71.3. The molecule has 2 aliphatic rings. The molecule has 4 aromatic carbocycles. The van der Waals surface area contributed by atoms with Crippen molar-refractivity contribution in [1.29, 1.82) is 0 Å². The largest absolute Gasteiger partial charge is 0.504 e. The molecule has 0 saturated heterocycles. The molecule has 3 aromatic heterocycles. The van der Waals surface area contributed by atoms with Crippen LogP contribution < -0.4 is 0 Å². The van der Waals surface area contributed by atoms with Gasteiger partial charge in [-0.1, -0.05) is 71.7 Å². The van der Waals surface area contributed by atoms with E-state index in [0.29, 0.717) is 38.8 Å². The number of benzene rings is 4. The Balaban J connectivity index is 1.59. The highest BCUT2D eigenvalue weighted by molar-refractivity contribution is 7.89. The zero-order valence-electron chi connectivity index (χ0n) is 25.5. The number of aromatic nitrogens is 8. The van der Waals surface area contributed by atoms with Gasteiger partial charge in [-0.3, -0.25) is 9.11 Å². The first kappa shape index (κ1) is 32.2. The number of H-pyrrole nitrogens is 2. The van der Waals surface area contributed by atoms with Gasteiger partial charge in [-0.05, 0) is 12.1 Å². The van der Waals surface area contributed by atoms with E-state index in [2.05, 4.69) is 29.9 Å². The van der Waals surface area contributed by atoms with Gasteiger partial charge < -0.3 is 20.2 Å². The molecule has 0 unspecified atom stereocenters. The summed E-state index contributed by atoms with van der Waals surface area (Å²) in [5, 5.41) is 22.2. The number of nitrogens with zero attached hydrogens (tertiary/aromatic N) is 6. The van der Waals surface area contributed by atoms with E-state index in [1.807, 2.05) is 24.3 Å². The van der Waals surface area contributed by atoms with Gasteiger partial charge in [0.25, 0.3) is 20.2 Å². The van der Waals surface area contributed by atoms with Crippen LogP contribution in [0.15, 0.2) is 70.5 Å². The van der Waals surface area contributed by atoms with Crippen LogP contribution >= 0.6 is 23.2 Å². The summed E-state index contributed by atoms with van der Waals surface area (Å²) in [5.74, 6) is -2.77. The quantitative estimate of drug-likeness (QED) is 0.0859. The summed E-state index contributed by atoms with van der Waals surface area (Å²) in [7, 11) is -11.3. The maximum Gasteiger partial charge on any atom is 0.299 e. The lowest BCUT2D eigenvalue weighted by Crippen LogP contribution is -2.09. The van der Waals surface area contributed by atoms with Crippen molar-refractivity contribution in [2.75, 3.05) is 0 Å². The lowest BCUT2D eigenvalue weighted by Gasteiger charge is -2.10. The van der Waals surface area contributed by atoms with Crippen LogP contribution in [0.2, 0.25) is 10.0 Å². The number of hydrogen-bond acceptors (Lipinski definition) is 12. The van der Waals surface area contributed by atoms with E-state index in [1.54, 1.807) is 30.3 Å². The topological polar surface area (TPSA) is 258 Å². The van der Waals surface area contributed by atoms with Crippen molar-refractivity contribution in [2.45, 2.75) is 9.79 Å². The molecule has 0 saturated carbocycles. The third-order valence-corrected chi connectivity index (χ3v) is 11.3. The summed E-state index contributed by atoms with van der Waals surface area (Å²) in [6, 6.07) is 17.2. The van der Waals surface area contributed by atoms with Gasteiger partial charge in [-0.25, -0.2) is 29.9 Å². The van der Waals surface area contributed by atoms with E-state index in [4.69, 9.17) is 33.2 Å². The Hall–Kier alpha value is -5.76. The van der Waals surface area contributed by atoms with E-state index in [9.17, 15) is 36.2 Å². The van der Waals surface area contributed by atoms with Crippen molar-refractivity contribution in [3.05, 3.63) is 70.7 Å². The zero-order valence-corrected chi connectivity index (χ0v) is 28.6. The predicted molar refractivity (Wildman–Crippen MR) is 189 cm³/mol. The summed E-state index contributed by atoms with van der Waals surface area (Å²) in [6.45, 7) is 0. The van der Waals surface area contributed by atoms with Crippen LogP contribution in [0, 0.1) is 0 Å². The Morgan fingerprint density at radius 1 is 0.519 bits per heavy atom. The number of aromatic amines is 2. The minimum absolute atomic E-state index is 0.0108. The number of phenols is 2. The van der Waals surface area contributed by atoms with E-state index in [0.717, 1.165) is 0 Å². The van der Waals surface area contributed by atoms with Crippen molar-refractivity contribution >= 4 is 87.6 Å². The van der Waals surface area contributed by atoms with Crippen molar-refractivity contribution in [3.63, 3.8) is 0 Å². The third-order valence-electron chi connectivity index (χ3n) is 8.52. The van der Waals surface area contributed by atoms with Crippen LogP contribution in [0.1, 0.15) is 0 Å². The van der Waals surface area contributed by atoms with E-state index < -0.39 is 63.6 Å². The number of fused-ring (bicyclic) bond motifs is 20. The predicted octanol–water partition coefficient (Wildman–Crippen LogP) is 6.08. The van der Waals surface area contributed by atoms with Gasteiger partial charge in [0.1, 0.15) is 27.5 Å². The Kier molecular flexibility index (Phi) is 6.73. The van der Waals surface area contributed by atoms with E-state index in [-0.39, 0.29) is 38.9 Å². The molecule has 0 aliphatic carbocycles. The summed E-state index contributed by atoms with van der Waals surface area (Å²) in [4.78, 5) is 30.6.